The number of ether oxygens (including phenoxy) is 2. The van der Waals surface area contributed by atoms with Gasteiger partial charge in [0.2, 0.25) is 15.9 Å². The van der Waals surface area contributed by atoms with Crippen molar-refractivity contribution in [3.63, 3.8) is 0 Å². The van der Waals surface area contributed by atoms with Crippen molar-refractivity contribution in [1.29, 1.82) is 0 Å². The van der Waals surface area contributed by atoms with Crippen LogP contribution >= 0.6 is 0 Å². The van der Waals surface area contributed by atoms with Crippen molar-refractivity contribution in [3.8, 4) is 22.8 Å². The lowest BCUT2D eigenvalue weighted by molar-refractivity contribution is -0.138. The Labute approximate surface area is 343 Å². The van der Waals surface area contributed by atoms with Gasteiger partial charge in [-0.15, -0.1) is 6.58 Å². The van der Waals surface area contributed by atoms with Crippen LogP contribution in [0.25, 0.3) is 28.2 Å². The molecule has 12 heteroatoms. The van der Waals surface area contributed by atoms with Crippen LogP contribution in [0.1, 0.15) is 96.5 Å². The van der Waals surface area contributed by atoms with Crippen molar-refractivity contribution >= 4 is 38.8 Å². The molecule has 3 N–H and O–H groups in total. The first kappa shape index (κ1) is 40.5. The summed E-state index contributed by atoms with van der Waals surface area (Å²) in [5, 5.41) is 7.59. The summed E-state index contributed by atoms with van der Waals surface area (Å²) in [5.41, 5.74) is 2.16. The largest absolute Gasteiger partial charge is 0.496 e. The van der Waals surface area contributed by atoms with Crippen molar-refractivity contribution in [2.24, 2.45) is 17.3 Å². The highest BCUT2D eigenvalue weighted by molar-refractivity contribution is 7.91. The standard InChI is InChI=1S/C46H59N5O6S/c1-5-33-28-46(33,44(53)50-58(54,55)35-19-20-35)49-41-25-34-29-51(41)43(52)42(31-16-10-7-11-17-31)47-23-13-22-45(2,3)21-12-18-32-24-36-38(27-39(32)56-4)48-37(26-40(36)57-34)30-14-8-6-9-15-30/h5-6,8-9,12,14-15,18,24,26-27,31,33-35,41-42,47,49H,1,7,10-11,13,16-17,19-23,25,28-29H2,2-4H3,(H,50,53)/b18-12+/t33-,34-,41+,42+,46-/m1/s1. The van der Waals surface area contributed by atoms with Gasteiger partial charge in [-0.2, -0.15) is 0 Å². The quantitative estimate of drug-likeness (QED) is 0.193. The molecule has 4 bridgehead atoms. The van der Waals surface area contributed by atoms with Crippen LogP contribution in [-0.2, 0) is 19.6 Å². The van der Waals surface area contributed by atoms with Gasteiger partial charge >= 0.3 is 0 Å². The molecule has 310 valence electrons. The molecule has 0 unspecified atom stereocenters. The zero-order valence-electron chi connectivity index (χ0n) is 34.2. The van der Waals surface area contributed by atoms with E-state index in [0.717, 1.165) is 72.7 Å². The van der Waals surface area contributed by atoms with Crippen LogP contribution in [-0.4, -0.2) is 79.4 Å². The van der Waals surface area contributed by atoms with E-state index >= 15 is 4.79 Å². The number of nitrogens with zero attached hydrogens (tertiary/aromatic N) is 2. The molecule has 8 rings (SSSR count). The topological polar surface area (TPSA) is 139 Å². The minimum absolute atomic E-state index is 0.00708. The molecule has 0 radical (unpaired) electrons. The Morgan fingerprint density at radius 2 is 1.84 bits per heavy atom. The molecular weight excluding hydrogens is 751 g/mol. The Kier molecular flexibility index (Phi) is 11.5. The highest BCUT2D eigenvalue weighted by Gasteiger charge is 2.62. The smallest absolute Gasteiger partial charge is 0.254 e. The monoisotopic (exact) mass is 809 g/mol. The van der Waals surface area contributed by atoms with Crippen LogP contribution < -0.4 is 24.8 Å². The first-order chi connectivity index (χ1) is 27.9. The van der Waals surface area contributed by atoms with Crippen LogP contribution in [0, 0.1) is 17.3 Å². The second-order valence-electron chi connectivity index (χ2n) is 18.0. The van der Waals surface area contributed by atoms with Crippen LogP contribution in [0.2, 0.25) is 0 Å². The van der Waals surface area contributed by atoms with E-state index in [1.54, 1.807) is 13.2 Å². The average Bonchev–Trinajstić information content (AvgIpc) is 4.15. The number of pyridine rings is 1. The van der Waals surface area contributed by atoms with Crippen LogP contribution in [0.15, 0.2) is 67.3 Å². The van der Waals surface area contributed by atoms with Gasteiger partial charge in [-0.05, 0) is 75.3 Å². The molecule has 1 saturated heterocycles. The number of methoxy groups -OCH3 is 1. The summed E-state index contributed by atoms with van der Waals surface area (Å²) < 4.78 is 41.4. The van der Waals surface area contributed by atoms with E-state index in [0.29, 0.717) is 50.3 Å². The molecule has 3 heterocycles. The Morgan fingerprint density at radius 1 is 1.07 bits per heavy atom. The lowest BCUT2D eigenvalue weighted by Gasteiger charge is -2.36. The van der Waals surface area contributed by atoms with Crippen LogP contribution in [0.3, 0.4) is 0 Å². The maximum absolute atomic E-state index is 15.1. The fourth-order valence-corrected chi connectivity index (χ4v) is 10.8. The molecular formula is C46H59N5O6S. The van der Waals surface area contributed by atoms with E-state index in [-0.39, 0.29) is 29.2 Å². The summed E-state index contributed by atoms with van der Waals surface area (Å²) in [5.74, 6) is 0.666. The molecule has 11 nitrogen and oxygen atoms in total. The third kappa shape index (κ3) is 8.56. The SMILES string of the molecule is C=C[C@@H]1C[C@]1(N[C@@H]1C[C@@H]2CN1C(=O)[C@H](C1CCCCC1)NCCCC(C)(C)C/C=C/c1cc3c(cc(-c4ccccc4)nc3cc1OC)O2)C(=O)NS(=O)(=O)C1CC1. The Morgan fingerprint density at radius 3 is 2.55 bits per heavy atom. The van der Waals surface area contributed by atoms with Crippen LogP contribution in [0.4, 0.5) is 0 Å². The average molecular weight is 810 g/mol. The number of allylic oxidation sites excluding steroid dienone is 1. The van der Waals surface area contributed by atoms with Gasteiger partial charge in [0.15, 0.2) is 0 Å². The van der Waals surface area contributed by atoms with Gasteiger partial charge < -0.3 is 19.7 Å². The van der Waals surface area contributed by atoms with Gasteiger partial charge in [-0.3, -0.25) is 19.6 Å². The Hall–Kier alpha value is -4.26. The number of hydrogen-bond donors (Lipinski definition) is 3. The fourth-order valence-electron chi connectivity index (χ4n) is 9.42. The molecule has 2 amide bonds. The summed E-state index contributed by atoms with van der Waals surface area (Å²) in [6.07, 6.45) is 15.0. The predicted molar refractivity (Wildman–Crippen MR) is 228 cm³/mol. The number of rotatable bonds is 9. The molecule has 2 aromatic carbocycles. The third-order valence-electron chi connectivity index (χ3n) is 13.1. The maximum atomic E-state index is 15.1. The number of nitrogens with one attached hydrogen (secondary N) is 3. The van der Waals surface area contributed by atoms with Crippen molar-refractivity contribution in [1.82, 2.24) is 25.2 Å². The molecule has 5 aliphatic rings. The van der Waals surface area contributed by atoms with Crippen molar-refractivity contribution in [3.05, 3.63) is 72.8 Å². The lowest BCUT2D eigenvalue weighted by Crippen LogP contribution is -2.60. The second-order valence-corrected chi connectivity index (χ2v) is 20.0. The van der Waals surface area contributed by atoms with Crippen molar-refractivity contribution < 1.29 is 27.5 Å². The number of amides is 2. The molecule has 3 saturated carbocycles. The predicted octanol–water partition coefficient (Wildman–Crippen LogP) is 7.12. The van der Waals surface area contributed by atoms with E-state index in [1.165, 1.54) is 6.42 Å². The Bertz CT molecular complexity index is 2170. The molecule has 5 atom stereocenters. The normalized spacial score (nSPS) is 28.6. The first-order valence-corrected chi connectivity index (χ1v) is 22.9. The van der Waals surface area contributed by atoms with Gasteiger partial charge in [-0.1, -0.05) is 81.7 Å². The van der Waals surface area contributed by atoms with Crippen molar-refractivity contribution in [2.75, 3.05) is 20.2 Å². The molecule has 4 fully saturated rings. The summed E-state index contributed by atoms with van der Waals surface area (Å²) in [4.78, 5) is 36.1. The molecule has 0 spiro atoms. The number of carbonyl (C=O) groups excluding carboxylic acids is 2. The van der Waals surface area contributed by atoms with E-state index in [9.17, 15) is 13.2 Å². The Balaban J connectivity index is 1.20. The van der Waals surface area contributed by atoms with Gasteiger partial charge in [0, 0.05) is 41.0 Å². The zero-order valence-corrected chi connectivity index (χ0v) is 35.0. The van der Waals surface area contributed by atoms with Crippen molar-refractivity contribution in [2.45, 2.75) is 120 Å². The van der Waals surface area contributed by atoms with Gasteiger partial charge in [0.05, 0.1) is 42.3 Å². The number of carbonyl (C=O) groups is 2. The molecule has 2 aliphatic heterocycles. The third-order valence-corrected chi connectivity index (χ3v) is 14.9. The first-order valence-electron chi connectivity index (χ1n) is 21.3. The minimum atomic E-state index is -3.79. The lowest BCUT2D eigenvalue weighted by atomic mass is 9.82. The van der Waals surface area contributed by atoms with Gasteiger partial charge in [0.1, 0.15) is 23.1 Å². The van der Waals surface area contributed by atoms with Gasteiger partial charge in [-0.25, -0.2) is 13.4 Å². The molecule has 1 aromatic heterocycles. The minimum Gasteiger partial charge on any atom is -0.496 e. The highest BCUT2D eigenvalue weighted by Crippen LogP contribution is 2.47. The fraction of sp³-hybridized carbons (Fsp3) is 0.543. The van der Waals surface area contributed by atoms with E-state index < -0.39 is 39.0 Å². The maximum Gasteiger partial charge on any atom is 0.254 e. The summed E-state index contributed by atoms with van der Waals surface area (Å²) in [6.45, 7) is 9.56. The molecule has 3 aliphatic carbocycles. The summed E-state index contributed by atoms with van der Waals surface area (Å²) in [7, 11) is -2.11. The number of hydrogen-bond acceptors (Lipinski definition) is 9. The zero-order chi connectivity index (χ0) is 40.7. The number of sulfonamides is 1. The molecule has 58 heavy (non-hydrogen) atoms. The highest BCUT2D eigenvalue weighted by atomic mass is 32.2. The summed E-state index contributed by atoms with van der Waals surface area (Å²) in [6, 6.07) is 15.6. The van der Waals surface area contributed by atoms with E-state index in [1.807, 2.05) is 47.4 Å². The number of aromatic nitrogens is 1. The number of benzene rings is 2. The summed E-state index contributed by atoms with van der Waals surface area (Å²) >= 11 is 0. The van der Waals surface area contributed by atoms with E-state index in [4.69, 9.17) is 14.5 Å². The van der Waals surface area contributed by atoms with E-state index in [2.05, 4.69) is 54.0 Å². The second kappa shape index (κ2) is 16.4. The number of fused-ring (bicyclic) bond motifs is 3. The van der Waals surface area contributed by atoms with Gasteiger partial charge in [0.25, 0.3) is 5.91 Å². The molecule has 3 aromatic rings. The van der Waals surface area contributed by atoms with Crippen LogP contribution in [0.5, 0.6) is 11.5 Å².